The maximum Gasteiger partial charge on any atom is 0.239 e. The normalized spacial score (nSPS) is 10.7. The van der Waals surface area contributed by atoms with Gasteiger partial charge in [0.1, 0.15) is 5.82 Å². The molecule has 0 atom stereocenters. The topological polar surface area (TPSA) is 45.2 Å². The Morgan fingerprint density at radius 2 is 2.21 bits per heavy atom. The smallest absolute Gasteiger partial charge is 0.239 e. The van der Waals surface area contributed by atoms with Crippen LogP contribution < -0.4 is 5.32 Å². The van der Waals surface area contributed by atoms with E-state index in [9.17, 15) is 9.18 Å². The van der Waals surface area contributed by atoms with Gasteiger partial charge in [0.15, 0.2) is 0 Å². The Morgan fingerprint density at radius 1 is 1.42 bits per heavy atom. The number of hydrogen-bond donors (Lipinski definition) is 1. The number of likely N-dealkylation sites (N-methyl/N-ethyl adjacent to an activating group) is 1. The predicted octanol–water partition coefficient (Wildman–Crippen LogP) is 2.85. The zero-order chi connectivity index (χ0) is 14.1. The number of aromatic nitrogens is 1. The van der Waals surface area contributed by atoms with Crippen LogP contribution in [0.1, 0.15) is 19.3 Å². The summed E-state index contributed by atoms with van der Waals surface area (Å²) in [6.45, 7) is 0.841. The number of nitrogens with zero attached hydrogens (tertiary/aromatic N) is 2. The molecule has 19 heavy (non-hydrogen) atoms. The Bertz CT molecular complexity index is 386. The summed E-state index contributed by atoms with van der Waals surface area (Å²) in [5.74, 6) is 0.446. The van der Waals surface area contributed by atoms with Crippen LogP contribution in [-0.2, 0) is 4.79 Å². The first-order valence-corrected chi connectivity index (χ1v) is 7.07. The maximum absolute atomic E-state index is 11.9. The van der Waals surface area contributed by atoms with Gasteiger partial charge < -0.3 is 5.32 Å². The monoisotopic (exact) mass is 331 g/mol. The largest absolute Gasteiger partial charge is 0.310 e. The average Bonchev–Trinajstić information content (AvgIpc) is 2.37. The molecule has 0 aliphatic carbocycles. The lowest BCUT2D eigenvalue weighted by Crippen LogP contribution is -2.31. The lowest BCUT2D eigenvalue weighted by Gasteiger charge is -2.15. The number of carbonyl (C=O) groups is 1. The molecule has 1 N–H and O–H groups in total. The number of nitrogens with one attached hydrogen (secondary N) is 1. The minimum atomic E-state index is -0.264. The van der Waals surface area contributed by atoms with Gasteiger partial charge in [0.25, 0.3) is 0 Å². The molecule has 106 valence electrons. The average molecular weight is 332 g/mol. The fourth-order valence-corrected chi connectivity index (χ4v) is 1.84. The van der Waals surface area contributed by atoms with Crippen LogP contribution in [0.3, 0.4) is 0 Å². The second kappa shape index (κ2) is 8.98. The van der Waals surface area contributed by atoms with Crippen molar-refractivity contribution in [1.29, 1.82) is 0 Å². The van der Waals surface area contributed by atoms with E-state index in [2.05, 4.69) is 26.2 Å². The van der Waals surface area contributed by atoms with E-state index in [1.54, 1.807) is 12.3 Å². The fourth-order valence-electron chi connectivity index (χ4n) is 1.61. The highest BCUT2D eigenvalue weighted by atomic mass is 79.9. The molecule has 1 amide bonds. The Kier molecular flexibility index (Phi) is 7.59. The molecule has 0 unspecified atom stereocenters. The van der Waals surface area contributed by atoms with Gasteiger partial charge in [-0.15, -0.1) is 0 Å². The van der Waals surface area contributed by atoms with Crippen molar-refractivity contribution in [2.45, 2.75) is 19.3 Å². The van der Waals surface area contributed by atoms with E-state index in [0.717, 1.165) is 23.9 Å². The Balaban J connectivity index is 2.24. The lowest BCUT2D eigenvalue weighted by molar-refractivity contribution is -0.117. The van der Waals surface area contributed by atoms with Crippen molar-refractivity contribution in [2.75, 3.05) is 32.1 Å². The number of alkyl halides is 1. The standard InChI is InChI=1S/C13H19BrFN3O/c1-18(8-4-2-3-7-15)10-13(19)17-12-6-5-11(14)9-16-12/h5-6,9H,2-4,7-8,10H2,1H3,(H,16,17,19). The number of amides is 1. The summed E-state index contributed by atoms with van der Waals surface area (Å²) < 4.78 is 12.8. The predicted molar refractivity (Wildman–Crippen MR) is 77.9 cm³/mol. The van der Waals surface area contributed by atoms with E-state index in [4.69, 9.17) is 0 Å². The first kappa shape index (κ1) is 16.0. The minimum Gasteiger partial charge on any atom is -0.310 e. The van der Waals surface area contributed by atoms with Crippen molar-refractivity contribution in [1.82, 2.24) is 9.88 Å². The zero-order valence-corrected chi connectivity index (χ0v) is 12.6. The van der Waals surface area contributed by atoms with Gasteiger partial charge in [0, 0.05) is 10.7 Å². The van der Waals surface area contributed by atoms with Crippen LogP contribution in [0.15, 0.2) is 22.8 Å². The third-order valence-corrected chi connectivity index (χ3v) is 3.05. The van der Waals surface area contributed by atoms with E-state index in [0.29, 0.717) is 18.8 Å². The van der Waals surface area contributed by atoms with E-state index >= 15 is 0 Å². The first-order chi connectivity index (χ1) is 9.11. The molecule has 0 spiro atoms. The first-order valence-electron chi connectivity index (χ1n) is 6.27. The molecule has 0 radical (unpaired) electrons. The van der Waals surface area contributed by atoms with Crippen molar-refractivity contribution in [3.63, 3.8) is 0 Å². The minimum absolute atomic E-state index is 0.0946. The number of carbonyl (C=O) groups excluding carboxylic acids is 1. The SMILES string of the molecule is CN(CCCCCF)CC(=O)Nc1ccc(Br)cn1. The summed E-state index contributed by atoms with van der Waals surface area (Å²) in [4.78, 5) is 17.7. The molecule has 6 heteroatoms. The van der Waals surface area contributed by atoms with Crippen LogP contribution in [0.25, 0.3) is 0 Å². The number of halogens is 2. The number of rotatable bonds is 8. The molecule has 0 aromatic carbocycles. The number of pyridine rings is 1. The van der Waals surface area contributed by atoms with E-state index in [1.165, 1.54) is 0 Å². The van der Waals surface area contributed by atoms with Gasteiger partial charge in [0.05, 0.1) is 13.2 Å². The Hall–Kier alpha value is -1.01. The molecule has 0 bridgehead atoms. The fraction of sp³-hybridized carbons (Fsp3) is 0.538. The quantitative estimate of drug-likeness (QED) is 0.745. The Labute approximate surface area is 121 Å². The van der Waals surface area contributed by atoms with Gasteiger partial charge in [-0.25, -0.2) is 4.98 Å². The molecule has 0 saturated carbocycles. The number of anilines is 1. The van der Waals surface area contributed by atoms with Gasteiger partial charge >= 0.3 is 0 Å². The van der Waals surface area contributed by atoms with Gasteiger partial charge in [-0.1, -0.05) is 0 Å². The van der Waals surface area contributed by atoms with Crippen LogP contribution in [0.4, 0.5) is 10.2 Å². The summed E-state index contributed by atoms with van der Waals surface area (Å²) in [5.41, 5.74) is 0. The van der Waals surface area contributed by atoms with E-state index in [-0.39, 0.29) is 12.6 Å². The number of hydrogen-bond acceptors (Lipinski definition) is 3. The molecular weight excluding hydrogens is 313 g/mol. The lowest BCUT2D eigenvalue weighted by atomic mass is 10.2. The molecular formula is C13H19BrFN3O. The summed E-state index contributed by atoms with van der Waals surface area (Å²) in [7, 11) is 1.88. The van der Waals surface area contributed by atoms with Crippen LogP contribution >= 0.6 is 15.9 Å². The molecule has 1 aromatic rings. The van der Waals surface area contributed by atoms with Gasteiger partial charge in [-0.05, 0) is 60.9 Å². The number of unbranched alkanes of at least 4 members (excludes halogenated alkanes) is 2. The van der Waals surface area contributed by atoms with Crippen LogP contribution in [0, 0.1) is 0 Å². The molecule has 0 aliphatic heterocycles. The highest BCUT2D eigenvalue weighted by molar-refractivity contribution is 9.10. The summed E-state index contributed by atoms with van der Waals surface area (Å²) in [6, 6.07) is 3.56. The summed E-state index contributed by atoms with van der Waals surface area (Å²) in [5, 5.41) is 2.73. The van der Waals surface area contributed by atoms with E-state index in [1.807, 2.05) is 18.0 Å². The zero-order valence-electron chi connectivity index (χ0n) is 11.0. The van der Waals surface area contributed by atoms with Gasteiger partial charge in [-0.3, -0.25) is 14.1 Å². The molecule has 4 nitrogen and oxygen atoms in total. The summed E-state index contributed by atoms with van der Waals surface area (Å²) >= 11 is 3.28. The maximum atomic E-state index is 11.9. The molecule has 0 fully saturated rings. The van der Waals surface area contributed by atoms with Crippen molar-refractivity contribution < 1.29 is 9.18 Å². The summed E-state index contributed by atoms with van der Waals surface area (Å²) in [6.07, 6.45) is 4.00. The van der Waals surface area contributed by atoms with Crippen molar-refractivity contribution in [2.24, 2.45) is 0 Å². The van der Waals surface area contributed by atoms with Gasteiger partial charge in [-0.2, -0.15) is 0 Å². The van der Waals surface area contributed by atoms with Crippen molar-refractivity contribution in [3.8, 4) is 0 Å². The van der Waals surface area contributed by atoms with Crippen LogP contribution in [0.5, 0.6) is 0 Å². The molecule has 0 saturated heterocycles. The molecule has 1 heterocycles. The third-order valence-electron chi connectivity index (χ3n) is 2.58. The second-order valence-electron chi connectivity index (χ2n) is 4.40. The molecule has 1 aromatic heterocycles. The van der Waals surface area contributed by atoms with E-state index < -0.39 is 0 Å². The second-order valence-corrected chi connectivity index (χ2v) is 5.31. The third kappa shape index (κ3) is 7.22. The molecule has 1 rings (SSSR count). The van der Waals surface area contributed by atoms with Crippen LogP contribution in [0.2, 0.25) is 0 Å². The van der Waals surface area contributed by atoms with Gasteiger partial charge in [0.2, 0.25) is 5.91 Å². The molecule has 0 aliphatic rings. The Morgan fingerprint density at radius 3 is 2.84 bits per heavy atom. The van der Waals surface area contributed by atoms with Crippen molar-refractivity contribution >= 4 is 27.7 Å². The van der Waals surface area contributed by atoms with Crippen LogP contribution in [-0.4, -0.2) is 42.6 Å². The van der Waals surface area contributed by atoms with Crippen molar-refractivity contribution in [3.05, 3.63) is 22.8 Å². The highest BCUT2D eigenvalue weighted by Gasteiger charge is 2.07. The highest BCUT2D eigenvalue weighted by Crippen LogP contribution is 2.10.